The smallest absolute Gasteiger partial charge is 0.366 e. The summed E-state index contributed by atoms with van der Waals surface area (Å²) in [5.74, 6) is -1.62. The van der Waals surface area contributed by atoms with Crippen LogP contribution in [0.3, 0.4) is 0 Å². The quantitative estimate of drug-likeness (QED) is 0.785. The molecule has 2 aliphatic rings. The second-order valence-corrected chi connectivity index (χ2v) is 5.80. The number of hydrogen-bond donors (Lipinski definition) is 1. The SMILES string of the molecule is Fc1ccc(Br)cc1C12CO[C@H](C(F)(F)F)[C@H]1CON2. The maximum absolute atomic E-state index is 14.0. The van der Waals surface area contributed by atoms with E-state index in [1.165, 1.54) is 18.2 Å². The first-order valence-corrected chi connectivity index (χ1v) is 6.67. The highest BCUT2D eigenvalue weighted by Gasteiger charge is 2.63. The molecule has 3 rings (SSSR count). The van der Waals surface area contributed by atoms with E-state index in [-0.39, 0.29) is 18.8 Å². The van der Waals surface area contributed by atoms with Crippen LogP contribution in [0, 0.1) is 11.7 Å². The second kappa shape index (κ2) is 4.66. The van der Waals surface area contributed by atoms with Gasteiger partial charge in [0, 0.05) is 16.0 Å². The van der Waals surface area contributed by atoms with Crippen LogP contribution in [0.2, 0.25) is 0 Å². The molecule has 0 spiro atoms. The van der Waals surface area contributed by atoms with Crippen molar-refractivity contribution in [3.8, 4) is 0 Å². The first-order chi connectivity index (χ1) is 9.34. The van der Waals surface area contributed by atoms with Crippen LogP contribution in [-0.4, -0.2) is 25.5 Å². The predicted octanol–water partition coefficient (Wildman–Crippen LogP) is 2.90. The third kappa shape index (κ3) is 2.05. The molecule has 2 saturated heterocycles. The van der Waals surface area contributed by atoms with Gasteiger partial charge >= 0.3 is 6.18 Å². The summed E-state index contributed by atoms with van der Waals surface area (Å²) in [6.45, 7) is -0.481. The van der Waals surface area contributed by atoms with Crippen LogP contribution in [0.25, 0.3) is 0 Å². The highest BCUT2D eigenvalue weighted by Crippen LogP contribution is 2.48. The lowest BCUT2D eigenvalue weighted by Gasteiger charge is -2.28. The van der Waals surface area contributed by atoms with Crippen LogP contribution in [0.15, 0.2) is 22.7 Å². The summed E-state index contributed by atoms with van der Waals surface area (Å²) >= 11 is 3.19. The Kier molecular flexibility index (Phi) is 3.32. The number of alkyl halides is 3. The van der Waals surface area contributed by atoms with Gasteiger partial charge < -0.3 is 9.57 Å². The highest BCUT2D eigenvalue weighted by molar-refractivity contribution is 9.10. The van der Waals surface area contributed by atoms with E-state index in [0.29, 0.717) is 4.47 Å². The second-order valence-electron chi connectivity index (χ2n) is 4.89. The van der Waals surface area contributed by atoms with Crippen molar-refractivity contribution >= 4 is 15.9 Å². The standard InChI is InChI=1S/C12H10BrF4NO2/c13-6-1-2-9(14)7(3-6)11-5-19-10(12(15,16)17)8(11)4-20-18-11/h1-3,8,10,18H,4-5H2/t8-,10+,11?/m1/s1. The van der Waals surface area contributed by atoms with Crippen molar-refractivity contribution < 1.29 is 27.1 Å². The predicted molar refractivity (Wildman–Crippen MR) is 64.2 cm³/mol. The van der Waals surface area contributed by atoms with Crippen molar-refractivity contribution in [3.05, 3.63) is 34.1 Å². The van der Waals surface area contributed by atoms with Crippen molar-refractivity contribution in [3.63, 3.8) is 0 Å². The van der Waals surface area contributed by atoms with E-state index in [1.807, 2.05) is 0 Å². The summed E-state index contributed by atoms with van der Waals surface area (Å²) in [4.78, 5) is 4.98. The Morgan fingerprint density at radius 3 is 2.80 bits per heavy atom. The zero-order chi connectivity index (χ0) is 14.5. The van der Waals surface area contributed by atoms with Gasteiger partial charge in [-0.1, -0.05) is 15.9 Å². The summed E-state index contributed by atoms with van der Waals surface area (Å²) in [6, 6.07) is 4.13. The molecule has 3 atom stereocenters. The molecular formula is C12H10BrF4NO2. The van der Waals surface area contributed by atoms with Crippen molar-refractivity contribution in [1.82, 2.24) is 5.48 Å². The normalized spacial score (nSPS) is 33.5. The molecule has 0 amide bonds. The third-order valence-corrected chi connectivity index (χ3v) is 4.23. The number of benzene rings is 1. The van der Waals surface area contributed by atoms with E-state index in [0.717, 1.165) is 0 Å². The highest BCUT2D eigenvalue weighted by atomic mass is 79.9. The Hall–Kier alpha value is -0.700. The largest absolute Gasteiger partial charge is 0.415 e. The zero-order valence-corrected chi connectivity index (χ0v) is 11.6. The van der Waals surface area contributed by atoms with Gasteiger partial charge in [-0.2, -0.15) is 18.7 Å². The van der Waals surface area contributed by atoms with E-state index in [2.05, 4.69) is 21.4 Å². The van der Waals surface area contributed by atoms with Gasteiger partial charge in [-0.15, -0.1) is 0 Å². The summed E-state index contributed by atoms with van der Waals surface area (Å²) in [5, 5.41) is 0. The maximum Gasteiger partial charge on any atom is 0.415 e. The van der Waals surface area contributed by atoms with Gasteiger partial charge in [0.2, 0.25) is 0 Å². The lowest BCUT2D eigenvalue weighted by Crippen LogP contribution is -2.45. The summed E-state index contributed by atoms with van der Waals surface area (Å²) in [7, 11) is 0. The van der Waals surface area contributed by atoms with Crippen LogP contribution >= 0.6 is 15.9 Å². The fraction of sp³-hybridized carbons (Fsp3) is 0.500. The fourth-order valence-corrected chi connectivity index (χ4v) is 3.15. The number of fused-ring (bicyclic) bond motifs is 1. The van der Waals surface area contributed by atoms with Crippen molar-refractivity contribution in [2.24, 2.45) is 5.92 Å². The third-order valence-electron chi connectivity index (χ3n) is 3.74. The number of halogens is 5. The Morgan fingerprint density at radius 1 is 1.35 bits per heavy atom. The fourth-order valence-electron chi connectivity index (χ4n) is 2.79. The van der Waals surface area contributed by atoms with Crippen LogP contribution in [0.4, 0.5) is 17.6 Å². The molecule has 0 aliphatic carbocycles. The van der Waals surface area contributed by atoms with Crippen molar-refractivity contribution in [2.75, 3.05) is 13.2 Å². The molecule has 3 nitrogen and oxygen atoms in total. The van der Waals surface area contributed by atoms with E-state index >= 15 is 0 Å². The number of hydrogen-bond acceptors (Lipinski definition) is 3. The molecule has 20 heavy (non-hydrogen) atoms. The monoisotopic (exact) mass is 355 g/mol. The average Bonchev–Trinajstić information content (AvgIpc) is 2.89. The van der Waals surface area contributed by atoms with Gasteiger partial charge in [0.1, 0.15) is 11.4 Å². The summed E-state index contributed by atoms with van der Waals surface area (Å²) in [6.07, 6.45) is -6.47. The first kappa shape index (κ1) is 14.2. The number of hydroxylamine groups is 1. The lowest BCUT2D eigenvalue weighted by molar-refractivity contribution is -0.219. The zero-order valence-electron chi connectivity index (χ0n) is 10.0. The molecule has 0 aromatic heterocycles. The molecular weight excluding hydrogens is 346 g/mol. The molecule has 2 aliphatic heterocycles. The Morgan fingerprint density at radius 2 is 2.10 bits per heavy atom. The van der Waals surface area contributed by atoms with Gasteiger partial charge in [0.05, 0.1) is 13.2 Å². The molecule has 0 radical (unpaired) electrons. The van der Waals surface area contributed by atoms with Crippen molar-refractivity contribution in [1.29, 1.82) is 0 Å². The van der Waals surface area contributed by atoms with Crippen molar-refractivity contribution in [2.45, 2.75) is 17.8 Å². The van der Waals surface area contributed by atoms with Crippen LogP contribution in [0.1, 0.15) is 5.56 Å². The van der Waals surface area contributed by atoms with E-state index in [4.69, 9.17) is 9.57 Å². The molecule has 1 aromatic carbocycles. The minimum atomic E-state index is -4.51. The molecule has 2 fully saturated rings. The van der Waals surface area contributed by atoms with Crippen LogP contribution < -0.4 is 5.48 Å². The van der Waals surface area contributed by atoms with Gasteiger partial charge in [0.15, 0.2) is 6.10 Å². The molecule has 0 saturated carbocycles. The van der Waals surface area contributed by atoms with Crippen LogP contribution in [0.5, 0.6) is 0 Å². The minimum absolute atomic E-state index is 0.112. The number of rotatable bonds is 1. The van der Waals surface area contributed by atoms with Gasteiger partial charge in [-0.25, -0.2) is 4.39 Å². The maximum atomic E-state index is 14.0. The topological polar surface area (TPSA) is 30.5 Å². The van der Waals surface area contributed by atoms with Gasteiger partial charge in [-0.3, -0.25) is 0 Å². The van der Waals surface area contributed by atoms with Gasteiger partial charge in [0.25, 0.3) is 0 Å². The molecule has 1 unspecified atom stereocenters. The molecule has 1 aromatic rings. The molecule has 0 bridgehead atoms. The average molecular weight is 356 g/mol. The Balaban J connectivity index is 2.05. The Labute approximate surface area is 120 Å². The first-order valence-electron chi connectivity index (χ1n) is 5.87. The summed E-state index contributed by atoms with van der Waals surface area (Å²) < 4.78 is 58.3. The molecule has 1 N–H and O–H groups in total. The molecule has 8 heteroatoms. The van der Waals surface area contributed by atoms with E-state index < -0.39 is 29.6 Å². The van der Waals surface area contributed by atoms with Crippen LogP contribution in [-0.2, 0) is 15.1 Å². The number of ether oxygens (including phenoxy) is 1. The lowest BCUT2D eigenvalue weighted by atomic mass is 9.79. The van der Waals surface area contributed by atoms with Gasteiger partial charge in [-0.05, 0) is 18.2 Å². The van der Waals surface area contributed by atoms with E-state index in [1.54, 1.807) is 0 Å². The minimum Gasteiger partial charge on any atom is -0.366 e. The van der Waals surface area contributed by atoms with E-state index in [9.17, 15) is 17.6 Å². The Bertz CT molecular complexity index is 539. The number of nitrogens with one attached hydrogen (secondary N) is 1. The molecule has 2 heterocycles. The molecule has 110 valence electrons. The summed E-state index contributed by atoms with van der Waals surface area (Å²) in [5.41, 5.74) is 1.33.